The van der Waals surface area contributed by atoms with E-state index in [-0.39, 0.29) is 22.5 Å². The molecule has 94 valence electrons. The molecule has 0 heterocycles. The number of alkyl halides is 1. The van der Waals surface area contributed by atoms with Gasteiger partial charge in [0.1, 0.15) is 5.82 Å². The third kappa shape index (κ3) is 3.33. The zero-order chi connectivity index (χ0) is 13.0. The topological polar surface area (TPSA) is 20.3 Å². The predicted octanol–water partition coefficient (Wildman–Crippen LogP) is 3.57. The molecule has 0 saturated heterocycles. The van der Waals surface area contributed by atoms with E-state index in [0.29, 0.717) is 12.4 Å². The molecule has 5 heteroatoms. The fourth-order valence-electron chi connectivity index (χ4n) is 1.51. The van der Waals surface area contributed by atoms with Crippen LogP contribution in [0.5, 0.6) is 0 Å². The molecule has 0 aromatic heterocycles. The van der Waals surface area contributed by atoms with Crippen LogP contribution in [0.4, 0.5) is 4.39 Å². The minimum atomic E-state index is -0.591. The van der Waals surface area contributed by atoms with Gasteiger partial charge in [0.15, 0.2) is 0 Å². The van der Waals surface area contributed by atoms with Crippen LogP contribution < -0.4 is 0 Å². The maximum absolute atomic E-state index is 13.3. The van der Waals surface area contributed by atoms with Crippen LogP contribution in [0.3, 0.4) is 0 Å². The van der Waals surface area contributed by atoms with Gasteiger partial charge in [-0.1, -0.05) is 17.7 Å². The Hall–Kier alpha value is -0.800. The van der Waals surface area contributed by atoms with Crippen molar-refractivity contribution in [2.45, 2.75) is 19.9 Å². The third-order valence-electron chi connectivity index (χ3n) is 2.39. The molecule has 0 radical (unpaired) electrons. The van der Waals surface area contributed by atoms with Crippen LogP contribution in [-0.2, 0) is 0 Å². The quantitative estimate of drug-likeness (QED) is 0.771. The van der Waals surface area contributed by atoms with Gasteiger partial charge in [-0.2, -0.15) is 0 Å². The molecule has 0 saturated carbocycles. The highest BCUT2D eigenvalue weighted by Crippen LogP contribution is 2.21. The first-order chi connectivity index (χ1) is 7.99. The number of carbonyl (C=O) groups is 1. The summed E-state index contributed by atoms with van der Waals surface area (Å²) in [5.74, 6) is -0.561. The van der Waals surface area contributed by atoms with Crippen molar-refractivity contribution in [3.8, 4) is 0 Å². The van der Waals surface area contributed by atoms with Gasteiger partial charge in [0.05, 0.1) is 10.6 Å². The highest BCUT2D eigenvalue weighted by Gasteiger charge is 2.21. The van der Waals surface area contributed by atoms with Crippen LogP contribution in [0.15, 0.2) is 18.2 Å². The highest BCUT2D eigenvalue weighted by molar-refractivity contribution is 6.34. The van der Waals surface area contributed by atoms with E-state index >= 15 is 0 Å². The van der Waals surface area contributed by atoms with Gasteiger partial charge in [-0.05, 0) is 26.0 Å². The molecule has 0 bridgehead atoms. The van der Waals surface area contributed by atoms with Crippen molar-refractivity contribution in [3.05, 3.63) is 34.6 Å². The van der Waals surface area contributed by atoms with E-state index in [9.17, 15) is 9.18 Å². The van der Waals surface area contributed by atoms with E-state index in [1.165, 1.54) is 18.2 Å². The number of amides is 1. The Morgan fingerprint density at radius 2 is 2.12 bits per heavy atom. The molecule has 0 aliphatic rings. The maximum atomic E-state index is 13.3. The summed E-state index contributed by atoms with van der Waals surface area (Å²) in [5, 5.41) is -0.141. The number of rotatable bonds is 4. The van der Waals surface area contributed by atoms with Crippen molar-refractivity contribution in [1.82, 2.24) is 4.90 Å². The molecule has 1 aromatic rings. The first kappa shape index (κ1) is 14.3. The summed E-state index contributed by atoms with van der Waals surface area (Å²) in [4.78, 5) is 13.7. The van der Waals surface area contributed by atoms with Crippen LogP contribution in [-0.4, -0.2) is 29.3 Å². The number of benzene rings is 1. The minimum Gasteiger partial charge on any atom is -0.335 e. The van der Waals surface area contributed by atoms with Crippen LogP contribution >= 0.6 is 23.2 Å². The molecule has 1 rings (SSSR count). The van der Waals surface area contributed by atoms with E-state index in [4.69, 9.17) is 23.2 Å². The number of hydrogen-bond acceptors (Lipinski definition) is 1. The lowest BCUT2D eigenvalue weighted by Crippen LogP contribution is -2.38. The van der Waals surface area contributed by atoms with Crippen molar-refractivity contribution >= 4 is 29.1 Å². The van der Waals surface area contributed by atoms with E-state index in [0.717, 1.165) is 0 Å². The molecular formula is C12H14Cl2FNO. The van der Waals surface area contributed by atoms with Gasteiger partial charge in [0.25, 0.3) is 5.91 Å². The Morgan fingerprint density at radius 1 is 1.47 bits per heavy atom. The highest BCUT2D eigenvalue weighted by atomic mass is 35.5. The zero-order valence-corrected chi connectivity index (χ0v) is 11.2. The van der Waals surface area contributed by atoms with Gasteiger partial charge in [-0.3, -0.25) is 4.79 Å². The predicted molar refractivity (Wildman–Crippen MR) is 68.3 cm³/mol. The Bertz CT molecular complexity index is 409. The lowest BCUT2D eigenvalue weighted by molar-refractivity contribution is 0.0718. The lowest BCUT2D eigenvalue weighted by Gasteiger charge is -2.26. The second kappa shape index (κ2) is 6.22. The second-order valence-electron chi connectivity index (χ2n) is 3.88. The monoisotopic (exact) mass is 277 g/mol. The summed E-state index contributed by atoms with van der Waals surface area (Å²) >= 11 is 11.4. The average Bonchev–Trinajstić information content (AvgIpc) is 2.28. The van der Waals surface area contributed by atoms with Gasteiger partial charge >= 0.3 is 0 Å². The average molecular weight is 278 g/mol. The van der Waals surface area contributed by atoms with Crippen LogP contribution in [0, 0.1) is 5.82 Å². The largest absolute Gasteiger partial charge is 0.335 e. The second-order valence-corrected chi connectivity index (χ2v) is 4.64. The van der Waals surface area contributed by atoms with Crippen molar-refractivity contribution in [2.24, 2.45) is 0 Å². The number of hydrogen-bond donors (Lipinski definition) is 0. The first-order valence-electron chi connectivity index (χ1n) is 5.30. The molecule has 0 aliphatic heterocycles. The molecule has 17 heavy (non-hydrogen) atoms. The Labute approximate surface area is 110 Å². The fraction of sp³-hybridized carbons (Fsp3) is 0.417. The van der Waals surface area contributed by atoms with Crippen molar-refractivity contribution in [2.75, 3.05) is 12.4 Å². The first-order valence-corrected chi connectivity index (χ1v) is 6.21. The van der Waals surface area contributed by atoms with Gasteiger partial charge in [-0.25, -0.2) is 4.39 Å². The summed E-state index contributed by atoms with van der Waals surface area (Å²) in [6.45, 7) is 4.15. The Kier molecular flexibility index (Phi) is 5.22. The lowest BCUT2D eigenvalue weighted by atomic mass is 10.1. The van der Waals surface area contributed by atoms with Gasteiger partial charge in [0.2, 0.25) is 0 Å². The minimum absolute atomic E-state index is 0.0133. The summed E-state index contributed by atoms with van der Waals surface area (Å²) in [7, 11) is 0. The Balaban J connectivity index is 3.05. The molecular weight excluding hydrogens is 264 g/mol. The summed E-state index contributed by atoms with van der Waals surface area (Å²) in [6.07, 6.45) is 0. The molecule has 0 fully saturated rings. The molecule has 0 aliphatic carbocycles. The molecule has 1 amide bonds. The molecule has 0 spiro atoms. The van der Waals surface area contributed by atoms with Crippen LogP contribution in [0.1, 0.15) is 24.2 Å². The molecule has 1 aromatic carbocycles. The molecule has 0 atom stereocenters. The Morgan fingerprint density at radius 3 is 2.65 bits per heavy atom. The number of carbonyl (C=O) groups excluding carboxylic acids is 1. The van der Waals surface area contributed by atoms with Gasteiger partial charge in [-0.15, -0.1) is 11.6 Å². The zero-order valence-electron chi connectivity index (χ0n) is 9.71. The van der Waals surface area contributed by atoms with E-state index in [2.05, 4.69) is 0 Å². The summed E-state index contributed by atoms with van der Waals surface area (Å²) < 4.78 is 13.3. The molecule has 2 nitrogen and oxygen atoms in total. The molecule has 0 unspecified atom stereocenters. The van der Waals surface area contributed by atoms with E-state index < -0.39 is 5.82 Å². The summed E-state index contributed by atoms with van der Waals surface area (Å²) in [6, 6.07) is 4.19. The van der Waals surface area contributed by atoms with Crippen molar-refractivity contribution in [3.63, 3.8) is 0 Å². The maximum Gasteiger partial charge on any atom is 0.255 e. The van der Waals surface area contributed by atoms with Crippen molar-refractivity contribution < 1.29 is 9.18 Å². The van der Waals surface area contributed by atoms with Crippen LogP contribution in [0.2, 0.25) is 5.02 Å². The van der Waals surface area contributed by atoms with E-state index in [1.54, 1.807) is 4.90 Å². The van der Waals surface area contributed by atoms with Gasteiger partial charge in [0, 0.05) is 18.5 Å². The van der Waals surface area contributed by atoms with E-state index in [1.807, 2.05) is 13.8 Å². The van der Waals surface area contributed by atoms with Crippen LogP contribution in [0.25, 0.3) is 0 Å². The van der Waals surface area contributed by atoms with Crippen molar-refractivity contribution in [1.29, 1.82) is 0 Å². The molecule has 0 N–H and O–H groups in total. The smallest absolute Gasteiger partial charge is 0.255 e. The number of nitrogens with zero attached hydrogens (tertiary/aromatic N) is 1. The number of halogens is 3. The normalized spacial score (nSPS) is 10.7. The summed E-state index contributed by atoms with van der Waals surface area (Å²) in [5.41, 5.74) is 0.172. The SMILES string of the molecule is CC(C)N(CCCl)C(=O)c1cccc(F)c1Cl. The standard InChI is InChI=1S/C12H14Cl2FNO/c1-8(2)16(7-6-13)12(17)9-4-3-5-10(15)11(9)14/h3-5,8H,6-7H2,1-2H3. The van der Waals surface area contributed by atoms with Gasteiger partial charge < -0.3 is 4.90 Å². The third-order valence-corrected chi connectivity index (χ3v) is 2.94. The fourth-order valence-corrected chi connectivity index (χ4v) is 1.90.